The largest absolute Gasteiger partial charge is 0.491 e. The lowest BCUT2D eigenvalue weighted by atomic mass is 9.98. The van der Waals surface area contributed by atoms with Gasteiger partial charge in [0.05, 0.1) is 12.2 Å². The summed E-state index contributed by atoms with van der Waals surface area (Å²) in [7, 11) is 2.01. The number of hydrogen-bond donors (Lipinski definition) is 1. The van der Waals surface area contributed by atoms with Gasteiger partial charge in [0.25, 0.3) is 0 Å². The Morgan fingerprint density at radius 2 is 2.16 bits per heavy atom. The summed E-state index contributed by atoms with van der Waals surface area (Å²) in [6, 6.07) is 8.59. The van der Waals surface area contributed by atoms with E-state index in [0.29, 0.717) is 6.10 Å². The summed E-state index contributed by atoms with van der Waals surface area (Å²) < 4.78 is 11.7. The summed E-state index contributed by atoms with van der Waals surface area (Å²) in [5.41, 5.74) is 1.23. The second-order valence-corrected chi connectivity index (χ2v) is 5.42. The zero-order valence-electron chi connectivity index (χ0n) is 12.2. The van der Waals surface area contributed by atoms with Crippen LogP contribution in [-0.4, -0.2) is 25.9 Å². The fourth-order valence-electron chi connectivity index (χ4n) is 2.62. The summed E-state index contributed by atoms with van der Waals surface area (Å²) in [5.74, 6) is 0.981. The Balaban J connectivity index is 2.12. The first kappa shape index (κ1) is 14.4. The fraction of sp³-hybridized carbons (Fsp3) is 0.625. The lowest BCUT2D eigenvalue weighted by Crippen LogP contribution is -2.23. The molecule has 1 aromatic rings. The number of ether oxygens (including phenoxy) is 2. The molecule has 1 heterocycles. The lowest BCUT2D eigenvalue weighted by molar-refractivity contribution is 0.0948. The van der Waals surface area contributed by atoms with Crippen molar-refractivity contribution in [1.82, 2.24) is 5.32 Å². The highest BCUT2D eigenvalue weighted by atomic mass is 16.5. The summed E-state index contributed by atoms with van der Waals surface area (Å²) in [6.07, 6.45) is 3.94. The molecule has 0 spiro atoms. The molecule has 2 rings (SSSR count). The summed E-state index contributed by atoms with van der Waals surface area (Å²) in [6.45, 7) is 5.03. The van der Waals surface area contributed by atoms with Gasteiger partial charge in [-0.3, -0.25) is 0 Å². The van der Waals surface area contributed by atoms with Gasteiger partial charge >= 0.3 is 0 Å². The van der Waals surface area contributed by atoms with Crippen LogP contribution in [0.3, 0.4) is 0 Å². The van der Waals surface area contributed by atoms with Gasteiger partial charge in [0.15, 0.2) is 0 Å². The Bertz CT molecular complexity index is 386. The number of nitrogens with one attached hydrogen (secondary N) is 1. The van der Waals surface area contributed by atoms with Crippen molar-refractivity contribution in [3.05, 3.63) is 29.8 Å². The van der Waals surface area contributed by atoms with Gasteiger partial charge in [0.2, 0.25) is 0 Å². The highest BCUT2D eigenvalue weighted by molar-refractivity contribution is 5.36. The highest BCUT2D eigenvalue weighted by Gasteiger charge is 2.23. The number of rotatable bonds is 6. The minimum Gasteiger partial charge on any atom is -0.491 e. The van der Waals surface area contributed by atoms with E-state index in [9.17, 15) is 0 Å². The van der Waals surface area contributed by atoms with Crippen molar-refractivity contribution in [1.29, 1.82) is 0 Å². The summed E-state index contributed by atoms with van der Waals surface area (Å²) in [4.78, 5) is 0. The Morgan fingerprint density at radius 1 is 1.37 bits per heavy atom. The molecule has 0 radical (unpaired) electrons. The second-order valence-electron chi connectivity index (χ2n) is 5.42. The number of benzene rings is 1. The molecular weight excluding hydrogens is 238 g/mol. The van der Waals surface area contributed by atoms with Crippen LogP contribution < -0.4 is 10.1 Å². The SMILES string of the molecule is CNC(CC1CCCO1)c1ccccc1OC(C)C. The van der Waals surface area contributed by atoms with Crippen molar-refractivity contribution >= 4 is 0 Å². The molecule has 0 saturated carbocycles. The van der Waals surface area contributed by atoms with E-state index in [4.69, 9.17) is 9.47 Å². The molecule has 1 aromatic carbocycles. The Kier molecular flexibility index (Phi) is 5.23. The molecule has 3 nitrogen and oxygen atoms in total. The molecule has 1 aliphatic heterocycles. The van der Waals surface area contributed by atoms with E-state index in [0.717, 1.165) is 18.8 Å². The summed E-state index contributed by atoms with van der Waals surface area (Å²) in [5, 5.41) is 3.40. The van der Waals surface area contributed by atoms with Gasteiger partial charge in [-0.05, 0) is 46.2 Å². The fourth-order valence-corrected chi connectivity index (χ4v) is 2.62. The minimum atomic E-state index is 0.196. The maximum Gasteiger partial charge on any atom is 0.124 e. The van der Waals surface area contributed by atoms with Crippen LogP contribution in [0, 0.1) is 0 Å². The Morgan fingerprint density at radius 3 is 2.79 bits per heavy atom. The number of para-hydroxylation sites is 1. The maximum atomic E-state index is 5.91. The molecular formula is C16H25NO2. The van der Waals surface area contributed by atoms with Gasteiger partial charge in [0.1, 0.15) is 5.75 Å². The maximum absolute atomic E-state index is 5.91. The zero-order valence-corrected chi connectivity index (χ0v) is 12.2. The van der Waals surface area contributed by atoms with E-state index in [1.54, 1.807) is 0 Å². The van der Waals surface area contributed by atoms with Crippen molar-refractivity contribution < 1.29 is 9.47 Å². The monoisotopic (exact) mass is 263 g/mol. The lowest BCUT2D eigenvalue weighted by Gasteiger charge is -2.23. The van der Waals surface area contributed by atoms with Crippen molar-refractivity contribution in [2.75, 3.05) is 13.7 Å². The van der Waals surface area contributed by atoms with Gasteiger partial charge in [-0.25, -0.2) is 0 Å². The van der Waals surface area contributed by atoms with Crippen LogP contribution in [-0.2, 0) is 4.74 Å². The third kappa shape index (κ3) is 3.95. The molecule has 3 heteroatoms. The van der Waals surface area contributed by atoms with Gasteiger partial charge in [0, 0.05) is 18.2 Å². The molecule has 0 amide bonds. The van der Waals surface area contributed by atoms with Crippen molar-refractivity contribution in [2.24, 2.45) is 0 Å². The van der Waals surface area contributed by atoms with Gasteiger partial charge < -0.3 is 14.8 Å². The first-order valence-corrected chi connectivity index (χ1v) is 7.25. The van der Waals surface area contributed by atoms with Crippen LogP contribution in [0.1, 0.15) is 44.7 Å². The van der Waals surface area contributed by atoms with E-state index in [1.165, 1.54) is 18.4 Å². The van der Waals surface area contributed by atoms with Crippen LogP contribution in [0.4, 0.5) is 0 Å². The van der Waals surface area contributed by atoms with Gasteiger partial charge in [-0.1, -0.05) is 18.2 Å². The van der Waals surface area contributed by atoms with Crippen LogP contribution in [0.2, 0.25) is 0 Å². The molecule has 0 aliphatic carbocycles. The van der Waals surface area contributed by atoms with E-state index >= 15 is 0 Å². The third-order valence-electron chi connectivity index (χ3n) is 3.53. The molecule has 2 unspecified atom stereocenters. The van der Waals surface area contributed by atoms with Crippen LogP contribution >= 0.6 is 0 Å². The predicted octanol–water partition coefficient (Wildman–Crippen LogP) is 3.30. The van der Waals surface area contributed by atoms with Crippen LogP contribution in [0.5, 0.6) is 5.75 Å². The van der Waals surface area contributed by atoms with E-state index in [2.05, 4.69) is 37.4 Å². The van der Waals surface area contributed by atoms with Crippen molar-refractivity contribution in [2.45, 2.75) is 51.4 Å². The van der Waals surface area contributed by atoms with E-state index in [1.807, 2.05) is 13.1 Å². The van der Waals surface area contributed by atoms with Gasteiger partial charge in [-0.15, -0.1) is 0 Å². The average molecular weight is 263 g/mol. The minimum absolute atomic E-state index is 0.196. The summed E-state index contributed by atoms with van der Waals surface area (Å²) >= 11 is 0. The predicted molar refractivity (Wildman–Crippen MR) is 77.6 cm³/mol. The third-order valence-corrected chi connectivity index (χ3v) is 3.53. The first-order valence-electron chi connectivity index (χ1n) is 7.25. The standard InChI is InChI=1S/C16H25NO2/c1-12(2)19-16-9-5-4-8-14(16)15(17-3)11-13-7-6-10-18-13/h4-5,8-9,12-13,15,17H,6-7,10-11H2,1-3H3. The molecule has 19 heavy (non-hydrogen) atoms. The zero-order chi connectivity index (χ0) is 13.7. The van der Waals surface area contributed by atoms with Crippen molar-refractivity contribution in [3.8, 4) is 5.75 Å². The first-order chi connectivity index (χ1) is 9.20. The highest BCUT2D eigenvalue weighted by Crippen LogP contribution is 2.31. The Labute approximate surface area is 116 Å². The smallest absolute Gasteiger partial charge is 0.124 e. The second kappa shape index (κ2) is 6.92. The average Bonchev–Trinajstić information content (AvgIpc) is 2.89. The molecule has 0 aromatic heterocycles. The normalized spacial score (nSPS) is 20.7. The van der Waals surface area contributed by atoms with E-state index in [-0.39, 0.29) is 12.1 Å². The Hall–Kier alpha value is -1.06. The van der Waals surface area contributed by atoms with Crippen LogP contribution in [0.25, 0.3) is 0 Å². The molecule has 1 saturated heterocycles. The molecule has 1 N–H and O–H groups in total. The van der Waals surface area contributed by atoms with Crippen molar-refractivity contribution in [3.63, 3.8) is 0 Å². The topological polar surface area (TPSA) is 30.5 Å². The molecule has 1 fully saturated rings. The molecule has 0 bridgehead atoms. The molecule has 1 aliphatic rings. The van der Waals surface area contributed by atoms with Crippen LogP contribution in [0.15, 0.2) is 24.3 Å². The molecule has 2 atom stereocenters. The van der Waals surface area contributed by atoms with E-state index < -0.39 is 0 Å². The quantitative estimate of drug-likeness (QED) is 0.854. The molecule has 106 valence electrons. The number of hydrogen-bond acceptors (Lipinski definition) is 3. The van der Waals surface area contributed by atoms with Gasteiger partial charge in [-0.2, -0.15) is 0 Å².